The minimum atomic E-state index is 0.427. The number of hydrogen-bond acceptors (Lipinski definition) is 4. The maximum Gasteiger partial charge on any atom is 0.0705 e. The summed E-state index contributed by atoms with van der Waals surface area (Å²) in [5.74, 6) is 0. The molecule has 0 radical (unpaired) electrons. The molecule has 2 aromatic rings. The van der Waals surface area contributed by atoms with Gasteiger partial charge in [-0.3, -0.25) is 9.88 Å². The Kier molecular flexibility index (Phi) is 5.82. The van der Waals surface area contributed by atoms with Crippen LogP contribution in [0.3, 0.4) is 0 Å². The monoisotopic (exact) mass is 327 g/mol. The summed E-state index contributed by atoms with van der Waals surface area (Å²) < 4.78 is 6.01. The minimum absolute atomic E-state index is 0.427. The highest BCUT2D eigenvalue weighted by Crippen LogP contribution is 2.24. The highest BCUT2D eigenvalue weighted by Gasteiger charge is 2.20. The van der Waals surface area contributed by atoms with Gasteiger partial charge in [0.05, 0.1) is 18.2 Å². The molecule has 4 heteroatoms. The van der Waals surface area contributed by atoms with Crippen LogP contribution in [0, 0.1) is 6.92 Å². The standard InChI is InChI=1S/C20H29N3O/c1-16-6-7-20-18(5-4-10-21-20)19(16)15-23-11-8-17(9-12-23)24-14-13-22(2)3/h4-7,10,17H,8-9,11-15H2,1-3H3. The number of benzene rings is 1. The molecule has 130 valence electrons. The third kappa shape index (κ3) is 4.32. The van der Waals surface area contributed by atoms with Crippen LogP contribution in [0.15, 0.2) is 30.5 Å². The number of aromatic nitrogens is 1. The van der Waals surface area contributed by atoms with Crippen molar-refractivity contribution in [3.63, 3.8) is 0 Å². The molecule has 24 heavy (non-hydrogen) atoms. The summed E-state index contributed by atoms with van der Waals surface area (Å²) in [6.45, 7) is 7.29. The highest BCUT2D eigenvalue weighted by atomic mass is 16.5. The number of rotatable bonds is 6. The van der Waals surface area contributed by atoms with Gasteiger partial charge in [-0.1, -0.05) is 12.1 Å². The van der Waals surface area contributed by atoms with E-state index in [9.17, 15) is 0 Å². The molecular formula is C20H29N3O. The summed E-state index contributed by atoms with van der Waals surface area (Å²) in [4.78, 5) is 9.22. The number of piperidine rings is 1. The second kappa shape index (κ2) is 8.06. The molecule has 1 aliphatic heterocycles. The van der Waals surface area contributed by atoms with Crippen LogP contribution in [0.25, 0.3) is 10.9 Å². The van der Waals surface area contributed by atoms with Gasteiger partial charge in [-0.25, -0.2) is 0 Å². The second-order valence-corrected chi connectivity index (χ2v) is 7.08. The molecule has 1 saturated heterocycles. The van der Waals surface area contributed by atoms with E-state index in [0.29, 0.717) is 6.10 Å². The third-order valence-corrected chi connectivity index (χ3v) is 4.94. The van der Waals surface area contributed by atoms with Crippen molar-refractivity contribution < 1.29 is 4.74 Å². The van der Waals surface area contributed by atoms with Gasteiger partial charge < -0.3 is 9.64 Å². The summed E-state index contributed by atoms with van der Waals surface area (Å²) in [5, 5.41) is 1.29. The van der Waals surface area contributed by atoms with Crippen molar-refractivity contribution in [3.8, 4) is 0 Å². The number of pyridine rings is 1. The van der Waals surface area contributed by atoms with Gasteiger partial charge in [-0.05, 0) is 57.1 Å². The lowest BCUT2D eigenvalue weighted by Gasteiger charge is -2.32. The quantitative estimate of drug-likeness (QED) is 0.815. The Balaban J connectivity index is 1.58. The molecule has 4 nitrogen and oxygen atoms in total. The molecule has 0 aliphatic carbocycles. The molecule has 0 spiro atoms. The Labute approximate surface area is 145 Å². The van der Waals surface area contributed by atoms with Gasteiger partial charge in [-0.15, -0.1) is 0 Å². The highest BCUT2D eigenvalue weighted by molar-refractivity contribution is 5.83. The fraction of sp³-hybridized carbons (Fsp3) is 0.550. The average Bonchev–Trinajstić information content (AvgIpc) is 2.58. The van der Waals surface area contributed by atoms with Gasteiger partial charge >= 0.3 is 0 Å². The van der Waals surface area contributed by atoms with Crippen LogP contribution in [0.2, 0.25) is 0 Å². The predicted molar refractivity (Wildman–Crippen MR) is 99.3 cm³/mol. The summed E-state index contributed by atoms with van der Waals surface area (Å²) in [6.07, 6.45) is 4.57. The average molecular weight is 327 g/mol. The van der Waals surface area contributed by atoms with E-state index in [1.165, 1.54) is 16.5 Å². The first-order valence-corrected chi connectivity index (χ1v) is 8.95. The zero-order valence-electron chi connectivity index (χ0n) is 15.2. The number of hydrogen-bond donors (Lipinski definition) is 0. The molecule has 0 unspecified atom stereocenters. The van der Waals surface area contributed by atoms with Crippen molar-refractivity contribution in [2.75, 3.05) is 40.3 Å². The fourth-order valence-corrected chi connectivity index (χ4v) is 3.39. The van der Waals surface area contributed by atoms with Crippen molar-refractivity contribution in [1.29, 1.82) is 0 Å². The molecule has 1 fully saturated rings. The van der Waals surface area contributed by atoms with Crippen LogP contribution in [0.4, 0.5) is 0 Å². The first-order chi connectivity index (χ1) is 11.6. The van der Waals surface area contributed by atoms with Crippen molar-refractivity contribution in [2.45, 2.75) is 32.4 Å². The number of fused-ring (bicyclic) bond motifs is 1. The molecular weight excluding hydrogens is 298 g/mol. The van der Waals surface area contributed by atoms with E-state index in [4.69, 9.17) is 4.74 Å². The number of nitrogens with zero attached hydrogens (tertiary/aromatic N) is 3. The molecule has 0 bridgehead atoms. The van der Waals surface area contributed by atoms with E-state index < -0.39 is 0 Å². The SMILES string of the molecule is Cc1ccc2ncccc2c1CN1CCC(OCCN(C)C)CC1. The van der Waals surface area contributed by atoms with Crippen LogP contribution in [0.5, 0.6) is 0 Å². The molecule has 2 heterocycles. The van der Waals surface area contributed by atoms with Gasteiger partial charge in [-0.2, -0.15) is 0 Å². The van der Waals surface area contributed by atoms with E-state index in [2.05, 4.69) is 54.0 Å². The molecule has 1 aromatic carbocycles. The van der Waals surface area contributed by atoms with Crippen molar-refractivity contribution >= 4 is 10.9 Å². The van der Waals surface area contributed by atoms with Crippen molar-refractivity contribution in [2.24, 2.45) is 0 Å². The number of likely N-dealkylation sites (tertiary alicyclic amines) is 1. The van der Waals surface area contributed by atoms with Crippen LogP contribution in [-0.4, -0.2) is 61.2 Å². The van der Waals surface area contributed by atoms with Crippen LogP contribution in [-0.2, 0) is 11.3 Å². The minimum Gasteiger partial charge on any atom is -0.377 e. The Morgan fingerprint density at radius 2 is 2.00 bits per heavy atom. The van der Waals surface area contributed by atoms with Gasteiger partial charge in [0, 0.05) is 37.8 Å². The Bertz CT molecular complexity index is 663. The van der Waals surface area contributed by atoms with E-state index >= 15 is 0 Å². The van der Waals surface area contributed by atoms with E-state index in [0.717, 1.165) is 51.1 Å². The largest absolute Gasteiger partial charge is 0.377 e. The van der Waals surface area contributed by atoms with Crippen LogP contribution in [0.1, 0.15) is 24.0 Å². The van der Waals surface area contributed by atoms with Gasteiger partial charge in [0.15, 0.2) is 0 Å². The maximum atomic E-state index is 6.01. The molecule has 1 aromatic heterocycles. The lowest BCUT2D eigenvalue weighted by Crippen LogP contribution is -2.37. The summed E-state index contributed by atoms with van der Waals surface area (Å²) >= 11 is 0. The Morgan fingerprint density at radius 1 is 1.21 bits per heavy atom. The van der Waals surface area contributed by atoms with Crippen molar-refractivity contribution in [3.05, 3.63) is 41.6 Å². The summed E-state index contributed by atoms with van der Waals surface area (Å²) in [6, 6.07) is 8.55. The fourth-order valence-electron chi connectivity index (χ4n) is 3.39. The molecule has 0 saturated carbocycles. The first kappa shape index (κ1) is 17.3. The molecule has 1 aliphatic rings. The number of ether oxygens (including phenoxy) is 1. The molecule has 0 atom stereocenters. The second-order valence-electron chi connectivity index (χ2n) is 7.08. The Hall–Kier alpha value is -1.49. The lowest BCUT2D eigenvalue weighted by atomic mass is 10.0. The zero-order valence-corrected chi connectivity index (χ0v) is 15.2. The normalized spacial score (nSPS) is 17.0. The van der Waals surface area contributed by atoms with E-state index in [1.807, 2.05) is 12.3 Å². The topological polar surface area (TPSA) is 28.6 Å². The predicted octanol–water partition coefficient (Wildman–Crippen LogP) is 3.09. The maximum absolute atomic E-state index is 6.01. The number of likely N-dealkylation sites (N-methyl/N-ethyl adjacent to an activating group) is 1. The zero-order chi connectivity index (χ0) is 16.9. The number of aryl methyl sites for hydroxylation is 1. The lowest BCUT2D eigenvalue weighted by molar-refractivity contribution is 0.000825. The Morgan fingerprint density at radius 3 is 2.75 bits per heavy atom. The van der Waals surface area contributed by atoms with E-state index in [1.54, 1.807) is 0 Å². The van der Waals surface area contributed by atoms with Gasteiger partial charge in [0.25, 0.3) is 0 Å². The van der Waals surface area contributed by atoms with Gasteiger partial charge in [0.2, 0.25) is 0 Å². The van der Waals surface area contributed by atoms with Gasteiger partial charge in [0.1, 0.15) is 0 Å². The molecule has 0 N–H and O–H groups in total. The van der Waals surface area contributed by atoms with Crippen LogP contribution < -0.4 is 0 Å². The smallest absolute Gasteiger partial charge is 0.0705 e. The summed E-state index contributed by atoms with van der Waals surface area (Å²) in [7, 11) is 4.18. The molecule has 3 rings (SSSR count). The van der Waals surface area contributed by atoms with Crippen LogP contribution >= 0.6 is 0 Å². The van der Waals surface area contributed by atoms with Crippen molar-refractivity contribution in [1.82, 2.24) is 14.8 Å². The summed E-state index contributed by atoms with van der Waals surface area (Å²) in [5.41, 5.74) is 3.88. The first-order valence-electron chi connectivity index (χ1n) is 8.95. The van der Waals surface area contributed by atoms with E-state index in [-0.39, 0.29) is 0 Å². The molecule has 0 amide bonds. The third-order valence-electron chi connectivity index (χ3n) is 4.94.